The molecule has 0 spiro atoms. The first-order valence-electron chi connectivity index (χ1n) is 9.72. The third-order valence-corrected chi connectivity index (χ3v) is 5.53. The predicted molar refractivity (Wildman–Crippen MR) is 107 cm³/mol. The zero-order valence-electron chi connectivity index (χ0n) is 16.1. The summed E-state index contributed by atoms with van der Waals surface area (Å²) in [6.45, 7) is 6.47. The van der Waals surface area contributed by atoms with Crippen LogP contribution in [0, 0.1) is 0 Å². The number of nitrogens with zero attached hydrogens (tertiary/aromatic N) is 2. The number of hydrogen-bond donors (Lipinski definition) is 1. The molecule has 2 atom stereocenters. The lowest BCUT2D eigenvalue weighted by atomic mass is 10.0. The molecule has 2 aromatic carbocycles. The van der Waals surface area contributed by atoms with Crippen LogP contribution in [0.1, 0.15) is 24.2 Å². The van der Waals surface area contributed by atoms with Crippen LogP contribution in [-0.4, -0.2) is 55.9 Å². The zero-order chi connectivity index (χ0) is 18.8. The van der Waals surface area contributed by atoms with E-state index in [2.05, 4.69) is 28.9 Å². The van der Waals surface area contributed by atoms with Gasteiger partial charge in [-0.15, -0.1) is 0 Å². The molecule has 2 aliphatic heterocycles. The van der Waals surface area contributed by atoms with E-state index in [0.29, 0.717) is 6.54 Å². The number of para-hydroxylation sites is 2. The number of ether oxygens (including phenoxy) is 2. The van der Waals surface area contributed by atoms with Crippen molar-refractivity contribution in [2.45, 2.75) is 25.6 Å². The molecule has 144 valence electrons. The number of fused-ring (bicyclic) bond motifs is 1. The summed E-state index contributed by atoms with van der Waals surface area (Å²) < 4.78 is 11.2. The molecule has 1 N–H and O–H groups in total. The van der Waals surface area contributed by atoms with E-state index < -0.39 is 6.10 Å². The van der Waals surface area contributed by atoms with Gasteiger partial charge in [-0.1, -0.05) is 18.2 Å². The Labute approximate surface area is 161 Å². The number of rotatable bonds is 5. The quantitative estimate of drug-likeness (QED) is 0.879. The average molecular weight is 368 g/mol. The van der Waals surface area contributed by atoms with E-state index in [4.69, 9.17) is 9.47 Å². The molecule has 0 amide bonds. The van der Waals surface area contributed by atoms with Crippen molar-refractivity contribution in [1.82, 2.24) is 4.90 Å². The highest BCUT2D eigenvalue weighted by Gasteiger charge is 2.24. The van der Waals surface area contributed by atoms with Crippen LogP contribution >= 0.6 is 0 Å². The summed E-state index contributed by atoms with van der Waals surface area (Å²) in [5.41, 5.74) is 3.34. The molecule has 0 radical (unpaired) electrons. The van der Waals surface area contributed by atoms with E-state index in [0.717, 1.165) is 55.3 Å². The number of benzene rings is 2. The molecular formula is C22H28N2O3. The Hall–Kier alpha value is -2.24. The van der Waals surface area contributed by atoms with Gasteiger partial charge in [0, 0.05) is 39.1 Å². The molecule has 2 heterocycles. The number of hydrogen-bond acceptors (Lipinski definition) is 5. The fourth-order valence-electron chi connectivity index (χ4n) is 4.06. The van der Waals surface area contributed by atoms with Crippen LogP contribution in [0.5, 0.6) is 11.5 Å². The molecule has 2 aromatic rings. The minimum atomic E-state index is -0.469. The maximum atomic E-state index is 10.7. The highest BCUT2D eigenvalue weighted by atomic mass is 16.5. The Morgan fingerprint density at radius 1 is 1.15 bits per heavy atom. The summed E-state index contributed by atoms with van der Waals surface area (Å²) in [5, 5.41) is 10.7. The summed E-state index contributed by atoms with van der Waals surface area (Å²) in [5.74, 6) is 1.88. The molecule has 0 bridgehead atoms. The van der Waals surface area contributed by atoms with Crippen molar-refractivity contribution in [3.63, 3.8) is 0 Å². The summed E-state index contributed by atoms with van der Waals surface area (Å²) in [6.07, 6.45) is 0.687. The fourth-order valence-corrected chi connectivity index (χ4v) is 4.06. The largest absolute Gasteiger partial charge is 0.495 e. The number of β-amino-alcohol motifs (C(OH)–C–C–N with tert-alkyl or cyclic N) is 1. The summed E-state index contributed by atoms with van der Waals surface area (Å²) in [7, 11) is 1.72. The Morgan fingerprint density at radius 2 is 1.93 bits per heavy atom. The maximum Gasteiger partial charge on any atom is 0.142 e. The predicted octanol–water partition coefficient (Wildman–Crippen LogP) is 2.87. The van der Waals surface area contributed by atoms with Crippen molar-refractivity contribution < 1.29 is 14.6 Å². The fraction of sp³-hybridized carbons (Fsp3) is 0.455. The molecule has 0 unspecified atom stereocenters. The van der Waals surface area contributed by atoms with Crippen molar-refractivity contribution in [3.05, 3.63) is 53.6 Å². The molecule has 2 aliphatic rings. The minimum absolute atomic E-state index is 0.232. The highest BCUT2D eigenvalue weighted by molar-refractivity contribution is 5.58. The maximum absolute atomic E-state index is 10.7. The molecule has 1 saturated heterocycles. The normalized spacial score (nSPS) is 20.9. The van der Waals surface area contributed by atoms with Crippen molar-refractivity contribution >= 4 is 5.69 Å². The van der Waals surface area contributed by atoms with E-state index in [9.17, 15) is 5.11 Å². The van der Waals surface area contributed by atoms with Gasteiger partial charge in [0.2, 0.25) is 0 Å². The molecule has 5 heteroatoms. The van der Waals surface area contributed by atoms with Crippen molar-refractivity contribution in [2.75, 3.05) is 44.7 Å². The molecule has 4 rings (SSSR count). The topological polar surface area (TPSA) is 45.2 Å². The summed E-state index contributed by atoms with van der Waals surface area (Å²) in [4.78, 5) is 4.69. The third kappa shape index (κ3) is 3.89. The second-order valence-corrected chi connectivity index (χ2v) is 7.48. The number of piperazine rings is 1. The highest BCUT2D eigenvalue weighted by Crippen LogP contribution is 2.32. The SMILES string of the molecule is COc1ccccc1N1CCN(C[C@@H](O)c2ccc3c(c2)C[C@H](C)O3)CC1. The van der Waals surface area contributed by atoms with Crippen LogP contribution in [0.2, 0.25) is 0 Å². The molecule has 1 fully saturated rings. The van der Waals surface area contributed by atoms with E-state index >= 15 is 0 Å². The van der Waals surface area contributed by atoms with Crippen molar-refractivity contribution in [3.8, 4) is 11.5 Å². The molecule has 5 nitrogen and oxygen atoms in total. The van der Waals surface area contributed by atoms with Gasteiger partial charge in [0.05, 0.1) is 18.9 Å². The molecule has 0 aliphatic carbocycles. The van der Waals surface area contributed by atoms with Crippen molar-refractivity contribution in [2.24, 2.45) is 0 Å². The van der Waals surface area contributed by atoms with E-state index in [1.807, 2.05) is 30.3 Å². The lowest BCUT2D eigenvalue weighted by molar-refractivity contribution is 0.109. The van der Waals surface area contributed by atoms with Crippen LogP contribution in [0.4, 0.5) is 5.69 Å². The van der Waals surface area contributed by atoms with Crippen molar-refractivity contribution in [1.29, 1.82) is 0 Å². The number of anilines is 1. The molecular weight excluding hydrogens is 340 g/mol. The second-order valence-electron chi connectivity index (χ2n) is 7.48. The van der Waals surface area contributed by atoms with Crippen LogP contribution in [0.3, 0.4) is 0 Å². The standard InChI is InChI=1S/C22H28N2O3/c1-16-13-18-14-17(7-8-21(18)27-16)20(25)15-23-9-11-24(12-10-23)19-5-3-4-6-22(19)26-2/h3-8,14,16,20,25H,9-13,15H2,1-2H3/t16-,20+/m0/s1. The van der Waals surface area contributed by atoms with Gasteiger partial charge in [0.1, 0.15) is 17.6 Å². The third-order valence-electron chi connectivity index (χ3n) is 5.53. The van der Waals surface area contributed by atoms with E-state index in [1.165, 1.54) is 5.56 Å². The van der Waals surface area contributed by atoms with Gasteiger partial charge in [-0.2, -0.15) is 0 Å². The van der Waals surface area contributed by atoms with Crippen LogP contribution in [0.25, 0.3) is 0 Å². The summed E-state index contributed by atoms with van der Waals surface area (Å²) in [6, 6.07) is 14.3. The number of aliphatic hydroxyl groups is 1. The first-order chi connectivity index (χ1) is 13.1. The van der Waals surface area contributed by atoms with Gasteiger partial charge in [-0.05, 0) is 42.3 Å². The van der Waals surface area contributed by atoms with Gasteiger partial charge in [0.15, 0.2) is 0 Å². The smallest absolute Gasteiger partial charge is 0.142 e. The molecule has 0 aromatic heterocycles. The lowest BCUT2D eigenvalue weighted by Gasteiger charge is -2.37. The Bertz CT molecular complexity index is 787. The van der Waals surface area contributed by atoms with Gasteiger partial charge in [0.25, 0.3) is 0 Å². The zero-order valence-corrected chi connectivity index (χ0v) is 16.1. The lowest BCUT2D eigenvalue weighted by Crippen LogP contribution is -2.47. The van der Waals surface area contributed by atoms with Gasteiger partial charge >= 0.3 is 0 Å². The van der Waals surface area contributed by atoms with E-state index in [1.54, 1.807) is 7.11 Å². The Morgan fingerprint density at radius 3 is 2.70 bits per heavy atom. The summed E-state index contributed by atoms with van der Waals surface area (Å²) >= 11 is 0. The van der Waals surface area contributed by atoms with Gasteiger partial charge in [-0.25, -0.2) is 0 Å². The molecule has 0 saturated carbocycles. The monoisotopic (exact) mass is 368 g/mol. The molecule has 27 heavy (non-hydrogen) atoms. The average Bonchev–Trinajstić information content (AvgIpc) is 3.07. The van der Waals surface area contributed by atoms with E-state index in [-0.39, 0.29) is 6.10 Å². The van der Waals surface area contributed by atoms with Crippen LogP contribution < -0.4 is 14.4 Å². The second kappa shape index (κ2) is 7.79. The van der Waals surface area contributed by atoms with Crippen LogP contribution in [0.15, 0.2) is 42.5 Å². The van der Waals surface area contributed by atoms with Gasteiger partial charge < -0.3 is 19.5 Å². The van der Waals surface area contributed by atoms with Gasteiger partial charge in [-0.3, -0.25) is 4.90 Å². The Balaban J connectivity index is 1.35. The minimum Gasteiger partial charge on any atom is -0.495 e. The first-order valence-corrected chi connectivity index (χ1v) is 9.72. The first kappa shape index (κ1) is 18.1. The number of methoxy groups -OCH3 is 1. The number of aliphatic hydroxyl groups excluding tert-OH is 1. The Kier molecular flexibility index (Phi) is 5.23. The van der Waals surface area contributed by atoms with Crippen LogP contribution in [-0.2, 0) is 6.42 Å².